The van der Waals surface area contributed by atoms with Crippen molar-refractivity contribution in [1.82, 2.24) is 9.55 Å². The van der Waals surface area contributed by atoms with Crippen molar-refractivity contribution >= 4 is 12.1 Å². The Labute approximate surface area is 180 Å². The molecule has 0 saturated carbocycles. The normalized spacial score (nSPS) is 11.1. The van der Waals surface area contributed by atoms with Crippen LogP contribution in [0, 0.1) is 20.8 Å². The van der Waals surface area contributed by atoms with E-state index in [-0.39, 0.29) is 12.1 Å². The van der Waals surface area contributed by atoms with E-state index in [1.807, 2.05) is 20.0 Å². The van der Waals surface area contributed by atoms with E-state index in [1.54, 1.807) is 0 Å². The maximum Gasteiger partial charge on any atom is 0.144 e. The lowest BCUT2D eigenvalue weighted by molar-refractivity contribution is 0.734. The summed E-state index contributed by atoms with van der Waals surface area (Å²) in [4.78, 5) is 4.71. The first-order valence-corrected chi connectivity index (χ1v) is 11.4. The van der Waals surface area contributed by atoms with Gasteiger partial charge in [-0.25, -0.2) is 4.98 Å². The number of rotatable bonds is 4. The summed E-state index contributed by atoms with van der Waals surface area (Å²) in [7, 11) is 0. The molecule has 3 aromatic rings. The minimum Gasteiger partial charge on any atom is -0.299 e. The molecule has 158 valence electrons. The van der Waals surface area contributed by atoms with Crippen LogP contribution in [0.2, 0.25) is 0 Å². The maximum absolute atomic E-state index is 10.2. The topological polar surface area (TPSA) is 17.8 Å². The van der Waals surface area contributed by atoms with Gasteiger partial charge in [-0.1, -0.05) is 69.7 Å². The number of nitrogens with zero attached hydrogens (tertiary/aromatic N) is 2. The van der Waals surface area contributed by atoms with Gasteiger partial charge in [-0.3, -0.25) is 4.57 Å². The van der Waals surface area contributed by atoms with E-state index in [4.69, 9.17) is 4.98 Å². The van der Waals surface area contributed by atoms with Crippen LogP contribution in [0.5, 0.6) is 0 Å². The average molecular weight is 415 g/mol. The van der Waals surface area contributed by atoms with Crippen LogP contribution in [0.15, 0.2) is 48.8 Å². The summed E-state index contributed by atoms with van der Waals surface area (Å²) in [6.07, 6.45) is 6.48. The van der Waals surface area contributed by atoms with E-state index >= 15 is 0 Å². The number of aromatic nitrogens is 2. The molecular weight excluding hydrogens is 379 g/mol. The van der Waals surface area contributed by atoms with Gasteiger partial charge in [-0.15, -0.1) is 0 Å². The van der Waals surface area contributed by atoms with Crippen molar-refractivity contribution in [1.29, 1.82) is 0 Å². The van der Waals surface area contributed by atoms with Crippen molar-refractivity contribution in [2.24, 2.45) is 0 Å². The molecule has 0 bridgehead atoms. The predicted octanol–water partition coefficient (Wildman–Crippen LogP) is 8.24. The number of benzene rings is 2. The Hall–Kier alpha value is -2.07. The molecule has 3 rings (SSSR count). The van der Waals surface area contributed by atoms with Crippen LogP contribution in [0.1, 0.15) is 62.3 Å². The van der Waals surface area contributed by atoms with E-state index in [2.05, 4.69) is 81.8 Å². The molecule has 0 aliphatic carbocycles. The highest BCUT2D eigenvalue weighted by Gasteiger charge is 2.16. The van der Waals surface area contributed by atoms with Crippen molar-refractivity contribution in [2.45, 2.75) is 60.8 Å². The van der Waals surface area contributed by atoms with Gasteiger partial charge < -0.3 is 0 Å². The van der Waals surface area contributed by atoms with Gasteiger partial charge in [0.25, 0.3) is 0 Å². The van der Waals surface area contributed by atoms with Crippen molar-refractivity contribution in [3.8, 4) is 17.1 Å². The molecule has 0 spiro atoms. The summed E-state index contributed by atoms with van der Waals surface area (Å²) >= 11 is 0.250. The fourth-order valence-electron chi connectivity index (χ4n) is 3.59. The first-order valence-electron chi connectivity index (χ1n) is 10.3. The number of imidazole rings is 1. The number of hydrogen-bond donors (Lipinski definition) is 0. The standard InChI is InChI=1S/C22H26N2.C2H6.CH3FS/c1-6-16(3)19-9-7-8-10-20(19)22-23-11-12-24(22)21-17(4)13-15(2)14-18(21)5;1-2;1-3-2/h7-14,16H,6H2,1-5H3;1-2H3;1H3. The van der Waals surface area contributed by atoms with E-state index in [0.717, 1.165) is 12.2 Å². The minimum absolute atomic E-state index is 0.250. The molecule has 2 nitrogen and oxygen atoms in total. The van der Waals surface area contributed by atoms with Gasteiger partial charge in [-0.05, 0) is 49.8 Å². The lowest BCUT2D eigenvalue weighted by Crippen LogP contribution is -2.04. The molecule has 2 aromatic carbocycles. The quantitative estimate of drug-likeness (QED) is 0.428. The van der Waals surface area contributed by atoms with Crippen LogP contribution in [0.4, 0.5) is 3.89 Å². The number of aryl methyl sites for hydroxylation is 3. The molecule has 1 atom stereocenters. The molecule has 0 radical (unpaired) electrons. The Morgan fingerprint density at radius 2 is 1.62 bits per heavy atom. The predicted molar refractivity (Wildman–Crippen MR) is 128 cm³/mol. The van der Waals surface area contributed by atoms with Gasteiger partial charge in [0.05, 0.1) is 5.69 Å². The fourth-order valence-corrected chi connectivity index (χ4v) is 3.59. The van der Waals surface area contributed by atoms with Gasteiger partial charge in [-0.2, -0.15) is 3.89 Å². The molecule has 0 aliphatic heterocycles. The molecule has 29 heavy (non-hydrogen) atoms. The van der Waals surface area contributed by atoms with Crippen molar-refractivity contribution in [3.63, 3.8) is 0 Å². The van der Waals surface area contributed by atoms with Crippen LogP contribution in [-0.4, -0.2) is 15.8 Å². The Morgan fingerprint density at radius 1 is 1.07 bits per heavy atom. The second kappa shape index (κ2) is 12.5. The highest BCUT2D eigenvalue weighted by molar-refractivity contribution is 7.93. The van der Waals surface area contributed by atoms with Crippen molar-refractivity contribution in [3.05, 3.63) is 71.0 Å². The molecular formula is C25H35FN2S. The second-order valence-electron chi connectivity index (χ2n) is 6.92. The zero-order chi connectivity index (χ0) is 22.0. The van der Waals surface area contributed by atoms with E-state index in [0.29, 0.717) is 5.92 Å². The summed E-state index contributed by atoms with van der Waals surface area (Å²) in [5.41, 5.74) is 7.72. The Morgan fingerprint density at radius 3 is 2.17 bits per heavy atom. The van der Waals surface area contributed by atoms with Crippen molar-refractivity contribution in [2.75, 3.05) is 6.26 Å². The minimum atomic E-state index is 0.250. The third-order valence-electron chi connectivity index (χ3n) is 4.86. The fraction of sp³-hybridized carbons (Fsp3) is 0.400. The molecule has 0 aliphatic rings. The Balaban J connectivity index is 0.000000771. The third-order valence-corrected chi connectivity index (χ3v) is 4.86. The van der Waals surface area contributed by atoms with Gasteiger partial charge in [0.2, 0.25) is 0 Å². The summed E-state index contributed by atoms with van der Waals surface area (Å²) in [6.45, 7) is 15.0. The second-order valence-corrected chi connectivity index (χ2v) is 7.23. The summed E-state index contributed by atoms with van der Waals surface area (Å²) < 4.78 is 12.4. The van der Waals surface area contributed by atoms with E-state index in [9.17, 15) is 3.89 Å². The smallest absolute Gasteiger partial charge is 0.144 e. The molecule has 4 heteroatoms. The van der Waals surface area contributed by atoms with Crippen LogP contribution in [0.25, 0.3) is 17.1 Å². The van der Waals surface area contributed by atoms with Gasteiger partial charge >= 0.3 is 0 Å². The van der Waals surface area contributed by atoms with Crippen LogP contribution >= 0.6 is 12.1 Å². The lowest BCUT2D eigenvalue weighted by atomic mass is 9.93. The Bertz CT molecular complexity index is 863. The van der Waals surface area contributed by atoms with Gasteiger partial charge in [0.15, 0.2) is 0 Å². The monoisotopic (exact) mass is 414 g/mol. The molecule has 0 saturated heterocycles. The van der Waals surface area contributed by atoms with Crippen LogP contribution in [0.3, 0.4) is 0 Å². The molecule has 1 unspecified atom stereocenters. The highest BCUT2D eigenvalue weighted by Crippen LogP contribution is 2.32. The van der Waals surface area contributed by atoms with E-state index < -0.39 is 0 Å². The highest BCUT2D eigenvalue weighted by atomic mass is 32.2. The molecule has 1 heterocycles. The first-order chi connectivity index (χ1) is 13.9. The summed E-state index contributed by atoms with van der Waals surface area (Å²) in [5, 5.41) is 0. The van der Waals surface area contributed by atoms with Gasteiger partial charge in [0, 0.05) is 36.4 Å². The van der Waals surface area contributed by atoms with Crippen LogP contribution < -0.4 is 0 Å². The van der Waals surface area contributed by atoms with E-state index in [1.165, 1.54) is 39.8 Å². The average Bonchev–Trinajstić information content (AvgIpc) is 3.18. The summed E-state index contributed by atoms with van der Waals surface area (Å²) in [6, 6.07) is 13.1. The largest absolute Gasteiger partial charge is 0.299 e. The molecule has 1 aromatic heterocycles. The zero-order valence-electron chi connectivity index (χ0n) is 19.1. The maximum atomic E-state index is 10.2. The van der Waals surface area contributed by atoms with Crippen LogP contribution in [-0.2, 0) is 0 Å². The van der Waals surface area contributed by atoms with Crippen molar-refractivity contribution < 1.29 is 3.89 Å². The zero-order valence-corrected chi connectivity index (χ0v) is 19.9. The molecule has 0 fully saturated rings. The molecule has 0 N–H and O–H groups in total. The lowest BCUT2D eigenvalue weighted by Gasteiger charge is -2.18. The Kier molecular flexibility index (Phi) is 10.7. The van der Waals surface area contributed by atoms with Gasteiger partial charge in [0.1, 0.15) is 5.82 Å². The first kappa shape index (κ1) is 25.0. The summed E-state index contributed by atoms with van der Waals surface area (Å²) in [5.74, 6) is 1.55. The SMILES string of the molecule is CC.CCC(C)c1ccccc1-c1nccn1-c1c(C)cc(C)cc1C.CSF. The number of halogens is 1. The molecule has 0 amide bonds. The number of hydrogen-bond acceptors (Lipinski definition) is 2. The third kappa shape index (κ3) is 6.20.